The molecule has 4 nitrogen and oxygen atoms in total. The molecule has 0 amide bonds. The highest BCUT2D eigenvalue weighted by molar-refractivity contribution is 7.92. The lowest BCUT2D eigenvalue weighted by Gasteiger charge is -2.18. The number of rotatable bonds is 4. The first-order chi connectivity index (χ1) is 12.5. The van der Waals surface area contributed by atoms with Crippen molar-refractivity contribution in [3.63, 3.8) is 0 Å². The predicted octanol–water partition coefficient (Wildman–Crippen LogP) is 4.50. The summed E-state index contributed by atoms with van der Waals surface area (Å²) in [6, 6.07) is 14.3. The van der Waals surface area contributed by atoms with E-state index < -0.39 is 10.0 Å². The second kappa shape index (κ2) is 6.52. The van der Waals surface area contributed by atoms with Crippen LogP contribution >= 0.6 is 11.3 Å². The second-order valence-electron chi connectivity index (χ2n) is 6.47. The van der Waals surface area contributed by atoms with E-state index in [-0.39, 0.29) is 5.75 Å². The molecule has 1 aliphatic rings. The van der Waals surface area contributed by atoms with Crippen LogP contribution in [-0.4, -0.2) is 25.7 Å². The highest BCUT2D eigenvalue weighted by Crippen LogP contribution is 2.35. The first kappa shape index (κ1) is 17.2. The Morgan fingerprint density at radius 1 is 1.15 bits per heavy atom. The van der Waals surface area contributed by atoms with E-state index in [0.717, 1.165) is 39.5 Å². The van der Waals surface area contributed by atoms with Crippen LogP contribution in [0.5, 0.6) is 0 Å². The summed E-state index contributed by atoms with van der Waals surface area (Å²) < 4.78 is 26.0. The molecule has 1 aliphatic heterocycles. The summed E-state index contributed by atoms with van der Waals surface area (Å²) in [5.41, 5.74) is 6.20. The molecule has 6 heteroatoms. The second-order valence-corrected chi connectivity index (χ2v) is 9.51. The SMILES string of the molecule is CCS(=O)(=O)N1CCc2cc(-c3csc(-c4cccc(C)c4)n3)ccc21. The minimum atomic E-state index is -3.21. The topological polar surface area (TPSA) is 50.3 Å². The van der Waals surface area contributed by atoms with Crippen LogP contribution in [0.15, 0.2) is 47.8 Å². The molecular weight excluding hydrogens is 364 g/mol. The van der Waals surface area contributed by atoms with Gasteiger partial charge in [0.25, 0.3) is 0 Å². The zero-order valence-corrected chi connectivity index (χ0v) is 16.4. The molecule has 0 bridgehead atoms. The molecule has 2 aromatic carbocycles. The summed E-state index contributed by atoms with van der Waals surface area (Å²) in [5.74, 6) is 0.125. The summed E-state index contributed by atoms with van der Waals surface area (Å²) in [5, 5.41) is 3.06. The summed E-state index contributed by atoms with van der Waals surface area (Å²) in [4.78, 5) is 4.79. The fraction of sp³-hybridized carbons (Fsp3) is 0.250. The third kappa shape index (κ3) is 3.04. The van der Waals surface area contributed by atoms with Gasteiger partial charge in [0.05, 0.1) is 17.1 Å². The minimum absolute atomic E-state index is 0.125. The number of aromatic nitrogens is 1. The highest BCUT2D eigenvalue weighted by Gasteiger charge is 2.28. The Bertz CT molecular complexity index is 1070. The average molecular weight is 385 g/mol. The van der Waals surface area contributed by atoms with Crippen LogP contribution in [0, 0.1) is 6.92 Å². The molecule has 0 fully saturated rings. The van der Waals surface area contributed by atoms with Crippen LogP contribution in [0.3, 0.4) is 0 Å². The molecule has 0 radical (unpaired) electrons. The number of nitrogens with zero attached hydrogens (tertiary/aromatic N) is 2. The number of hydrogen-bond acceptors (Lipinski definition) is 4. The third-order valence-corrected chi connectivity index (χ3v) is 7.37. The van der Waals surface area contributed by atoms with Gasteiger partial charge in [-0.25, -0.2) is 13.4 Å². The molecule has 0 unspecified atom stereocenters. The lowest BCUT2D eigenvalue weighted by Crippen LogP contribution is -2.30. The zero-order chi connectivity index (χ0) is 18.3. The Morgan fingerprint density at radius 2 is 2.00 bits per heavy atom. The first-order valence-corrected chi connectivity index (χ1v) is 11.1. The fourth-order valence-electron chi connectivity index (χ4n) is 3.29. The first-order valence-electron chi connectivity index (χ1n) is 8.64. The Morgan fingerprint density at radius 3 is 2.77 bits per heavy atom. The molecule has 1 aromatic heterocycles. The third-order valence-electron chi connectivity index (χ3n) is 4.70. The van der Waals surface area contributed by atoms with Crippen LogP contribution in [0.1, 0.15) is 18.1 Å². The summed E-state index contributed by atoms with van der Waals surface area (Å²) in [7, 11) is -3.21. The van der Waals surface area contributed by atoms with Gasteiger partial charge >= 0.3 is 0 Å². The standard InChI is InChI=1S/C20H20N2O2S2/c1-3-26(23,24)22-10-9-16-12-15(7-8-19(16)22)18-13-25-20(21-18)17-6-4-5-14(2)11-17/h4-8,11-13H,3,9-10H2,1-2H3. The van der Waals surface area contributed by atoms with Gasteiger partial charge in [-0.2, -0.15) is 0 Å². The molecule has 0 saturated heterocycles. The van der Waals surface area contributed by atoms with Gasteiger partial charge < -0.3 is 0 Å². The van der Waals surface area contributed by atoms with Gasteiger partial charge in [0.15, 0.2) is 0 Å². The van der Waals surface area contributed by atoms with Crippen molar-refractivity contribution in [3.05, 3.63) is 59.0 Å². The van der Waals surface area contributed by atoms with Crippen molar-refractivity contribution in [1.29, 1.82) is 0 Å². The van der Waals surface area contributed by atoms with Gasteiger partial charge in [-0.1, -0.05) is 29.8 Å². The van der Waals surface area contributed by atoms with Gasteiger partial charge in [-0.05, 0) is 44.0 Å². The maximum absolute atomic E-state index is 12.2. The molecule has 0 atom stereocenters. The summed E-state index contributed by atoms with van der Waals surface area (Å²) >= 11 is 1.63. The van der Waals surface area contributed by atoms with Crippen LogP contribution in [-0.2, 0) is 16.4 Å². The lowest BCUT2D eigenvalue weighted by atomic mass is 10.1. The largest absolute Gasteiger partial charge is 0.270 e. The summed E-state index contributed by atoms with van der Waals surface area (Å²) in [6.07, 6.45) is 0.747. The van der Waals surface area contributed by atoms with Crippen molar-refractivity contribution in [2.45, 2.75) is 20.3 Å². The van der Waals surface area contributed by atoms with Crippen molar-refractivity contribution in [3.8, 4) is 21.8 Å². The van der Waals surface area contributed by atoms with E-state index in [1.165, 1.54) is 9.87 Å². The quantitative estimate of drug-likeness (QED) is 0.665. The fourth-order valence-corrected chi connectivity index (χ4v) is 5.28. The molecule has 0 aliphatic carbocycles. The van der Waals surface area contributed by atoms with Crippen molar-refractivity contribution in [2.75, 3.05) is 16.6 Å². The molecular formula is C20H20N2O2S2. The van der Waals surface area contributed by atoms with E-state index in [9.17, 15) is 8.42 Å². The monoisotopic (exact) mass is 384 g/mol. The highest BCUT2D eigenvalue weighted by atomic mass is 32.2. The zero-order valence-electron chi connectivity index (χ0n) is 14.8. The van der Waals surface area contributed by atoms with Crippen LogP contribution in [0.2, 0.25) is 0 Å². The Hall–Kier alpha value is -2.18. The van der Waals surface area contributed by atoms with Crippen LogP contribution in [0.25, 0.3) is 21.8 Å². The average Bonchev–Trinajstić information content (AvgIpc) is 3.28. The number of aryl methyl sites for hydroxylation is 1. The molecule has 2 heterocycles. The van der Waals surface area contributed by atoms with Gasteiger partial charge in [0.1, 0.15) is 5.01 Å². The van der Waals surface area contributed by atoms with Crippen LogP contribution in [0.4, 0.5) is 5.69 Å². The Kier molecular flexibility index (Phi) is 4.32. The number of anilines is 1. The summed E-state index contributed by atoms with van der Waals surface area (Å²) in [6.45, 7) is 4.29. The smallest absolute Gasteiger partial charge is 0.234 e. The molecule has 0 saturated carbocycles. The molecule has 4 rings (SSSR count). The van der Waals surface area contributed by atoms with Crippen molar-refractivity contribution < 1.29 is 8.42 Å². The Balaban J connectivity index is 1.67. The number of thiazole rings is 1. The van der Waals surface area contributed by atoms with E-state index in [1.54, 1.807) is 18.3 Å². The normalized spacial score (nSPS) is 13.8. The lowest BCUT2D eigenvalue weighted by molar-refractivity contribution is 0.593. The maximum atomic E-state index is 12.2. The number of fused-ring (bicyclic) bond motifs is 1. The van der Waals surface area contributed by atoms with Gasteiger partial charge in [0, 0.05) is 23.1 Å². The molecule has 0 spiro atoms. The predicted molar refractivity (Wildman–Crippen MR) is 108 cm³/mol. The molecule has 26 heavy (non-hydrogen) atoms. The number of sulfonamides is 1. The van der Waals surface area contributed by atoms with Gasteiger partial charge in [0.2, 0.25) is 10.0 Å². The van der Waals surface area contributed by atoms with E-state index in [4.69, 9.17) is 4.98 Å². The molecule has 134 valence electrons. The van der Waals surface area contributed by atoms with E-state index in [0.29, 0.717) is 6.54 Å². The van der Waals surface area contributed by atoms with Crippen molar-refractivity contribution in [2.24, 2.45) is 0 Å². The van der Waals surface area contributed by atoms with Crippen LogP contribution < -0.4 is 4.31 Å². The minimum Gasteiger partial charge on any atom is -0.270 e. The number of hydrogen-bond donors (Lipinski definition) is 0. The maximum Gasteiger partial charge on any atom is 0.234 e. The van der Waals surface area contributed by atoms with Crippen molar-refractivity contribution in [1.82, 2.24) is 4.98 Å². The van der Waals surface area contributed by atoms with E-state index in [2.05, 4.69) is 36.6 Å². The Labute approximate surface area is 158 Å². The molecule has 0 N–H and O–H groups in total. The molecule has 3 aromatic rings. The number of benzene rings is 2. The van der Waals surface area contributed by atoms with Gasteiger partial charge in [-0.3, -0.25) is 4.31 Å². The van der Waals surface area contributed by atoms with Crippen molar-refractivity contribution >= 4 is 27.0 Å². The van der Waals surface area contributed by atoms with Gasteiger partial charge in [-0.15, -0.1) is 11.3 Å². The van der Waals surface area contributed by atoms with E-state index >= 15 is 0 Å². The van der Waals surface area contributed by atoms with E-state index in [1.807, 2.05) is 18.2 Å².